The Bertz CT molecular complexity index is 603. The van der Waals surface area contributed by atoms with Crippen LogP contribution in [0.15, 0.2) is 29.8 Å². The zero-order valence-corrected chi connectivity index (χ0v) is 12.4. The Morgan fingerprint density at radius 3 is 2.95 bits per heavy atom. The van der Waals surface area contributed by atoms with Gasteiger partial charge in [0.1, 0.15) is 5.69 Å². The molecule has 0 unspecified atom stereocenters. The standard InChI is InChI=1S/C12H17N3O2S2/c1-2-10-19(16,17)13-6-8-15-7-5-11(14-15)12-4-3-9-18-12/h3-5,7,9,13H,2,6,8,10H2,1H3. The monoisotopic (exact) mass is 299 g/mol. The zero-order chi connectivity index (χ0) is 13.7. The average molecular weight is 299 g/mol. The predicted octanol–water partition coefficient (Wildman–Crippen LogP) is 1.94. The summed E-state index contributed by atoms with van der Waals surface area (Å²) in [6.07, 6.45) is 2.49. The molecule has 2 aromatic rings. The second kappa shape index (κ2) is 6.31. The number of aromatic nitrogens is 2. The van der Waals surface area contributed by atoms with Gasteiger partial charge in [0.2, 0.25) is 10.0 Å². The lowest BCUT2D eigenvalue weighted by Crippen LogP contribution is -2.29. The highest BCUT2D eigenvalue weighted by Gasteiger charge is 2.08. The lowest BCUT2D eigenvalue weighted by molar-refractivity contribution is 0.560. The summed E-state index contributed by atoms with van der Waals surface area (Å²) < 4.78 is 27.3. The Morgan fingerprint density at radius 2 is 2.26 bits per heavy atom. The van der Waals surface area contributed by atoms with E-state index in [1.807, 2.05) is 36.7 Å². The van der Waals surface area contributed by atoms with Gasteiger partial charge >= 0.3 is 0 Å². The summed E-state index contributed by atoms with van der Waals surface area (Å²) in [6, 6.07) is 5.94. The summed E-state index contributed by atoms with van der Waals surface area (Å²) in [6.45, 7) is 2.75. The van der Waals surface area contributed by atoms with Crippen molar-refractivity contribution in [3.8, 4) is 10.6 Å². The number of thiophene rings is 1. The molecule has 2 heterocycles. The van der Waals surface area contributed by atoms with E-state index in [0.717, 1.165) is 10.6 Å². The van der Waals surface area contributed by atoms with Crippen LogP contribution < -0.4 is 4.72 Å². The fraction of sp³-hybridized carbons (Fsp3) is 0.417. The number of sulfonamides is 1. The van der Waals surface area contributed by atoms with E-state index in [1.165, 1.54) is 0 Å². The average Bonchev–Trinajstić information content (AvgIpc) is 2.98. The van der Waals surface area contributed by atoms with E-state index >= 15 is 0 Å². The highest BCUT2D eigenvalue weighted by Crippen LogP contribution is 2.22. The lowest BCUT2D eigenvalue weighted by atomic mass is 10.3. The molecule has 0 aromatic carbocycles. The summed E-state index contributed by atoms with van der Waals surface area (Å²) in [7, 11) is -3.13. The molecular weight excluding hydrogens is 282 g/mol. The molecule has 19 heavy (non-hydrogen) atoms. The molecule has 0 radical (unpaired) electrons. The summed E-state index contributed by atoms with van der Waals surface area (Å²) >= 11 is 1.64. The van der Waals surface area contributed by atoms with Crippen molar-refractivity contribution in [3.63, 3.8) is 0 Å². The first-order valence-corrected chi connectivity index (χ1v) is 8.68. The number of rotatable bonds is 7. The molecule has 0 amide bonds. The minimum Gasteiger partial charge on any atom is -0.271 e. The topological polar surface area (TPSA) is 64.0 Å². The van der Waals surface area contributed by atoms with Gasteiger partial charge in [-0.2, -0.15) is 5.10 Å². The fourth-order valence-corrected chi connectivity index (χ4v) is 3.47. The first kappa shape index (κ1) is 14.2. The highest BCUT2D eigenvalue weighted by molar-refractivity contribution is 7.89. The summed E-state index contributed by atoms with van der Waals surface area (Å²) in [5, 5.41) is 6.42. The molecule has 0 aliphatic rings. The Labute approximate surface area is 117 Å². The molecule has 0 aliphatic carbocycles. The molecular formula is C12H17N3O2S2. The molecule has 7 heteroatoms. The van der Waals surface area contributed by atoms with Gasteiger partial charge in [-0.05, 0) is 23.9 Å². The maximum absolute atomic E-state index is 11.5. The van der Waals surface area contributed by atoms with Crippen LogP contribution in [0.25, 0.3) is 10.6 Å². The van der Waals surface area contributed by atoms with Gasteiger partial charge in [-0.15, -0.1) is 11.3 Å². The lowest BCUT2D eigenvalue weighted by Gasteiger charge is -2.05. The molecule has 0 fully saturated rings. The summed E-state index contributed by atoms with van der Waals surface area (Å²) in [5.74, 6) is 0.173. The van der Waals surface area contributed by atoms with Crippen LogP contribution >= 0.6 is 11.3 Å². The van der Waals surface area contributed by atoms with Crippen LogP contribution in [0.2, 0.25) is 0 Å². The van der Waals surface area contributed by atoms with Crippen LogP contribution in [-0.2, 0) is 16.6 Å². The van der Waals surface area contributed by atoms with E-state index in [0.29, 0.717) is 19.5 Å². The number of nitrogens with one attached hydrogen (secondary N) is 1. The van der Waals surface area contributed by atoms with Gasteiger partial charge in [0.25, 0.3) is 0 Å². The largest absolute Gasteiger partial charge is 0.271 e. The Balaban J connectivity index is 1.88. The molecule has 2 rings (SSSR count). The van der Waals surface area contributed by atoms with Gasteiger partial charge in [0, 0.05) is 12.7 Å². The Hall–Kier alpha value is -1.18. The molecule has 0 spiro atoms. The second-order valence-corrected chi connectivity index (χ2v) is 7.03. The molecule has 0 saturated heterocycles. The summed E-state index contributed by atoms with van der Waals surface area (Å²) in [5.41, 5.74) is 0.923. The Kier molecular flexibility index (Phi) is 4.73. The van der Waals surface area contributed by atoms with E-state index in [1.54, 1.807) is 16.0 Å². The SMILES string of the molecule is CCCS(=O)(=O)NCCn1ccc(-c2cccs2)n1. The fourth-order valence-electron chi connectivity index (χ4n) is 1.70. The van der Waals surface area contributed by atoms with Gasteiger partial charge in [-0.25, -0.2) is 13.1 Å². The molecule has 0 saturated carbocycles. The van der Waals surface area contributed by atoms with E-state index in [-0.39, 0.29) is 5.75 Å². The Morgan fingerprint density at radius 1 is 1.42 bits per heavy atom. The predicted molar refractivity (Wildman–Crippen MR) is 77.6 cm³/mol. The van der Waals surface area contributed by atoms with Crippen LogP contribution in [0.1, 0.15) is 13.3 Å². The second-order valence-electron chi connectivity index (χ2n) is 4.15. The van der Waals surface area contributed by atoms with Crippen LogP contribution in [-0.4, -0.2) is 30.5 Å². The normalized spacial score (nSPS) is 11.8. The highest BCUT2D eigenvalue weighted by atomic mass is 32.2. The van der Waals surface area contributed by atoms with Gasteiger partial charge < -0.3 is 0 Å². The minimum absolute atomic E-state index is 0.173. The van der Waals surface area contributed by atoms with Gasteiger partial charge in [-0.3, -0.25) is 4.68 Å². The smallest absolute Gasteiger partial charge is 0.211 e. The van der Waals surface area contributed by atoms with E-state index in [4.69, 9.17) is 0 Å². The first-order valence-electron chi connectivity index (χ1n) is 6.15. The van der Waals surface area contributed by atoms with Crippen LogP contribution in [0.5, 0.6) is 0 Å². The molecule has 1 N–H and O–H groups in total. The third-order valence-electron chi connectivity index (χ3n) is 2.55. The van der Waals surface area contributed by atoms with Crippen molar-refractivity contribution in [1.82, 2.24) is 14.5 Å². The molecule has 2 aromatic heterocycles. The van der Waals surface area contributed by atoms with Crippen LogP contribution in [0.4, 0.5) is 0 Å². The molecule has 5 nitrogen and oxygen atoms in total. The van der Waals surface area contributed by atoms with Gasteiger partial charge in [-0.1, -0.05) is 13.0 Å². The quantitative estimate of drug-likeness (QED) is 0.850. The van der Waals surface area contributed by atoms with Crippen molar-refractivity contribution in [3.05, 3.63) is 29.8 Å². The molecule has 0 aliphatic heterocycles. The van der Waals surface area contributed by atoms with Crippen molar-refractivity contribution in [2.45, 2.75) is 19.9 Å². The maximum Gasteiger partial charge on any atom is 0.211 e. The van der Waals surface area contributed by atoms with E-state index in [9.17, 15) is 8.42 Å². The number of nitrogens with zero attached hydrogens (tertiary/aromatic N) is 2. The van der Waals surface area contributed by atoms with E-state index < -0.39 is 10.0 Å². The van der Waals surface area contributed by atoms with Crippen LogP contribution in [0.3, 0.4) is 0 Å². The van der Waals surface area contributed by atoms with Crippen molar-refractivity contribution in [1.29, 1.82) is 0 Å². The third-order valence-corrected chi connectivity index (χ3v) is 5.03. The summed E-state index contributed by atoms with van der Waals surface area (Å²) in [4.78, 5) is 1.12. The van der Waals surface area contributed by atoms with Crippen molar-refractivity contribution in [2.24, 2.45) is 0 Å². The van der Waals surface area contributed by atoms with Crippen molar-refractivity contribution < 1.29 is 8.42 Å². The molecule has 0 atom stereocenters. The molecule has 0 bridgehead atoms. The number of hydrogen-bond acceptors (Lipinski definition) is 4. The minimum atomic E-state index is -3.13. The maximum atomic E-state index is 11.5. The van der Waals surface area contributed by atoms with Crippen LogP contribution in [0, 0.1) is 0 Å². The van der Waals surface area contributed by atoms with Crippen molar-refractivity contribution >= 4 is 21.4 Å². The van der Waals surface area contributed by atoms with Crippen molar-refractivity contribution in [2.75, 3.05) is 12.3 Å². The van der Waals surface area contributed by atoms with Gasteiger partial charge in [0.05, 0.1) is 17.2 Å². The first-order chi connectivity index (χ1) is 9.11. The van der Waals surface area contributed by atoms with E-state index in [2.05, 4.69) is 9.82 Å². The third kappa shape index (κ3) is 4.15. The van der Waals surface area contributed by atoms with Gasteiger partial charge in [0.15, 0.2) is 0 Å². The number of hydrogen-bond donors (Lipinski definition) is 1. The zero-order valence-electron chi connectivity index (χ0n) is 10.7. The molecule has 104 valence electrons.